The van der Waals surface area contributed by atoms with Crippen molar-refractivity contribution >= 4 is 53.9 Å². The number of hydrogen-bond donors (Lipinski definition) is 0. The highest BCUT2D eigenvalue weighted by Gasteiger charge is 2.19. The highest BCUT2D eigenvalue weighted by atomic mass is 14.2. The van der Waals surface area contributed by atoms with Crippen molar-refractivity contribution in [2.24, 2.45) is 0 Å². The van der Waals surface area contributed by atoms with Gasteiger partial charge in [-0.3, -0.25) is 0 Å². The standard InChI is InChI=1S/C50H32/c1-2-16-36-31-39(28-27-33(36)13-1)49-46-24-9-7-22-44(46)48(45-23-8-10-25-47(45)49)38-19-11-18-37(32-38)42-30-29-35-15-4-6-21-41(35)50(42)43-26-12-17-34-14-3-5-20-40(34)43/h1-32H. The second-order valence-corrected chi connectivity index (χ2v) is 13.2. The quantitative estimate of drug-likeness (QED) is 0.169. The Morgan fingerprint density at radius 3 is 1.34 bits per heavy atom. The van der Waals surface area contributed by atoms with E-state index in [0.717, 1.165) is 0 Å². The lowest BCUT2D eigenvalue weighted by molar-refractivity contribution is 1.61. The van der Waals surface area contributed by atoms with Crippen LogP contribution in [0.5, 0.6) is 0 Å². The van der Waals surface area contributed by atoms with E-state index in [2.05, 4.69) is 194 Å². The Balaban J connectivity index is 1.24. The zero-order chi connectivity index (χ0) is 33.0. The first-order valence-corrected chi connectivity index (χ1v) is 17.4. The fourth-order valence-electron chi connectivity index (χ4n) is 8.18. The van der Waals surface area contributed by atoms with Gasteiger partial charge in [0.05, 0.1) is 0 Å². The van der Waals surface area contributed by atoms with Crippen molar-refractivity contribution in [2.45, 2.75) is 0 Å². The van der Waals surface area contributed by atoms with Crippen LogP contribution in [0.4, 0.5) is 0 Å². The first kappa shape index (κ1) is 28.5. The lowest BCUT2D eigenvalue weighted by atomic mass is 9.84. The Morgan fingerprint density at radius 2 is 0.660 bits per heavy atom. The normalized spacial score (nSPS) is 11.6. The van der Waals surface area contributed by atoms with Crippen molar-refractivity contribution < 1.29 is 0 Å². The van der Waals surface area contributed by atoms with Crippen LogP contribution in [-0.4, -0.2) is 0 Å². The minimum absolute atomic E-state index is 1.21. The first-order valence-electron chi connectivity index (χ1n) is 17.4. The van der Waals surface area contributed by atoms with Crippen molar-refractivity contribution in [3.63, 3.8) is 0 Å². The molecule has 0 amide bonds. The van der Waals surface area contributed by atoms with E-state index in [0.29, 0.717) is 0 Å². The van der Waals surface area contributed by atoms with Crippen LogP contribution >= 0.6 is 0 Å². The van der Waals surface area contributed by atoms with E-state index < -0.39 is 0 Å². The molecule has 10 aromatic carbocycles. The van der Waals surface area contributed by atoms with E-state index in [-0.39, 0.29) is 0 Å². The molecule has 0 N–H and O–H groups in total. The van der Waals surface area contributed by atoms with Crippen LogP contribution in [0.3, 0.4) is 0 Å². The summed E-state index contributed by atoms with van der Waals surface area (Å²) in [6, 6.07) is 71.4. The van der Waals surface area contributed by atoms with Crippen molar-refractivity contribution in [3.05, 3.63) is 194 Å². The lowest BCUT2D eigenvalue weighted by Crippen LogP contribution is -1.92. The average molecular weight is 633 g/mol. The van der Waals surface area contributed by atoms with Crippen molar-refractivity contribution in [1.82, 2.24) is 0 Å². The van der Waals surface area contributed by atoms with Crippen LogP contribution in [0, 0.1) is 0 Å². The van der Waals surface area contributed by atoms with Gasteiger partial charge >= 0.3 is 0 Å². The second kappa shape index (κ2) is 11.6. The Kier molecular flexibility index (Phi) is 6.60. The van der Waals surface area contributed by atoms with Gasteiger partial charge in [-0.1, -0.05) is 182 Å². The topological polar surface area (TPSA) is 0 Å². The van der Waals surface area contributed by atoms with Crippen molar-refractivity contribution in [3.8, 4) is 44.5 Å². The number of hydrogen-bond acceptors (Lipinski definition) is 0. The molecule has 0 heteroatoms. The molecule has 10 rings (SSSR count). The summed E-state index contributed by atoms with van der Waals surface area (Å²) in [7, 11) is 0. The molecule has 0 spiro atoms. The monoisotopic (exact) mass is 632 g/mol. The van der Waals surface area contributed by atoms with E-state index in [4.69, 9.17) is 0 Å². The van der Waals surface area contributed by atoms with E-state index >= 15 is 0 Å². The van der Waals surface area contributed by atoms with E-state index in [1.165, 1.54) is 98.4 Å². The van der Waals surface area contributed by atoms with E-state index in [1.54, 1.807) is 0 Å². The number of rotatable bonds is 4. The summed E-state index contributed by atoms with van der Waals surface area (Å²) in [5, 5.41) is 12.6. The molecule has 0 aromatic heterocycles. The third kappa shape index (κ3) is 4.54. The van der Waals surface area contributed by atoms with Gasteiger partial charge in [0.2, 0.25) is 0 Å². The van der Waals surface area contributed by atoms with Gasteiger partial charge in [0.15, 0.2) is 0 Å². The predicted octanol–water partition coefficient (Wildman–Crippen LogP) is 14.1. The molecule has 0 saturated carbocycles. The molecule has 0 bridgehead atoms. The predicted molar refractivity (Wildman–Crippen MR) is 216 cm³/mol. The van der Waals surface area contributed by atoms with Gasteiger partial charge in [-0.15, -0.1) is 0 Å². The van der Waals surface area contributed by atoms with Crippen LogP contribution in [0.1, 0.15) is 0 Å². The fourth-order valence-corrected chi connectivity index (χ4v) is 8.18. The number of benzene rings is 10. The van der Waals surface area contributed by atoms with Crippen molar-refractivity contribution in [1.29, 1.82) is 0 Å². The summed E-state index contributed by atoms with van der Waals surface area (Å²) in [5.41, 5.74) is 10.0. The van der Waals surface area contributed by atoms with E-state index in [9.17, 15) is 0 Å². The maximum Gasteiger partial charge on any atom is -0.00206 e. The first-order chi connectivity index (χ1) is 24.8. The highest BCUT2D eigenvalue weighted by molar-refractivity contribution is 6.22. The van der Waals surface area contributed by atoms with Gasteiger partial charge in [0, 0.05) is 0 Å². The number of fused-ring (bicyclic) bond motifs is 5. The SMILES string of the molecule is c1cc(-c2ccc3ccccc3c2-c2cccc3ccccc23)cc(-c2c3ccccc3c(-c3ccc4ccccc4c3)c3ccccc23)c1. The van der Waals surface area contributed by atoms with Crippen LogP contribution in [0.25, 0.3) is 98.4 Å². The summed E-state index contributed by atoms with van der Waals surface area (Å²) in [6.45, 7) is 0. The molecule has 50 heavy (non-hydrogen) atoms. The van der Waals surface area contributed by atoms with Crippen LogP contribution in [0.2, 0.25) is 0 Å². The van der Waals surface area contributed by atoms with Gasteiger partial charge in [0.1, 0.15) is 0 Å². The molecule has 0 nitrogen and oxygen atoms in total. The zero-order valence-corrected chi connectivity index (χ0v) is 27.5. The molecule has 0 aliphatic carbocycles. The van der Waals surface area contributed by atoms with Gasteiger partial charge < -0.3 is 0 Å². The third-order valence-corrected chi connectivity index (χ3v) is 10.4. The molecule has 232 valence electrons. The molecule has 0 aliphatic rings. The van der Waals surface area contributed by atoms with Gasteiger partial charge in [0.25, 0.3) is 0 Å². The minimum Gasteiger partial charge on any atom is -0.0616 e. The smallest absolute Gasteiger partial charge is 0.00206 e. The van der Waals surface area contributed by atoms with Gasteiger partial charge in [-0.2, -0.15) is 0 Å². The molecule has 0 fully saturated rings. The Hall–Kier alpha value is -6.50. The maximum absolute atomic E-state index is 2.41. The maximum atomic E-state index is 2.41. The summed E-state index contributed by atoms with van der Waals surface area (Å²) >= 11 is 0. The largest absolute Gasteiger partial charge is 0.0616 e. The Labute approximate surface area is 291 Å². The Bertz CT molecular complexity index is 2860. The fraction of sp³-hybridized carbons (Fsp3) is 0. The van der Waals surface area contributed by atoms with Crippen LogP contribution in [0.15, 0.2) is 194 Å². The molecule has 0 atom stereocenters. The lowest BCUT2D eigenvalue weighted by Gasteiger charge is -2.19. The molecule has 0 unspecified atom stereocenters. The van der Waals surface area contributed by atoms with Gasteiger partial charge in [-0.25, -0.2) is 0 Å². The molecule has 0 radical (unpaired) electrons. The molecule has 0 heterocycles. The average Bonchev–Trinajstić information content (AvgIpc) is 3.19. The third-order valence-electron chi connectivity index (χ3n) is 10.4. The van der Waals surface area contributed by atoms with Gasteiger partial charge in [-0.05, 0) is 111 Å². The van der Waals surface area contributed by atoms with Crippen LogP contribution in [-0.2, 0) is 0 Å². The molecule has 0 aliphatic heterocycles. The highest BCUT2D eigenvalue weighted by Crippen LogP contribution is 2.46. The summed E-state index contributed by atoms with van der Waals surface area (Å²) in [6.07, 6.45) is 0. The zero-order valence-electron chi connectivity index (χ0n) is 27.5. The molecule has 0 saturated heterocycles. The Morgan fingerprint density at radius 1 is 0.200 bits per heavy atom. The molecule has 10 aromatic rings. The summed E-state index contributed by atoms with van der Waals surface area (Å²) < 4.78 is 0. The molecular formula is C50H32. The molecular weight excluding hydrogens is 601 g/mol. The minimum atomic E-state index is 1.21. The van der Waals surface area contributed by atoms with Crippen LogP contribution < -0.4 is 0 Å². The summed E-state index contributed by atoms with van der Waals surface area (Å²) in [5.74, 6) is 0. The van der Waals surface area contributed by atoms with E-state index in [1.807, 2.05) is 0 Å². The summed E-state index contributed by atoms with van der Waals surface area (Å²) in [4.78, 5) is 0. The van der Waals surface area contributed by atoms with Crippen molar-refractivity contribution in [2.75, 3.05) is 0 Å². The second-order valence-electron chi connectivity index (χ2n) is 13.2.